The minimum Gasteiger partial charge on any atom is -0.370 e. The molecule has 1 N–H and O–H groups in total. The summed E-state index contributed by atoms with van der Waals surface area (Å²) in [5.41, 5.74) is -0.0529. The van der Waals surface area contributed by atoms with Crippen LogP contribution >= 0.6 is 11.8 Å². The van der Waals surface area contributed by atoms with Gasteiger partial charge in [-0.15, -0.1) is 0 Å². The van der Waals surface area contributed by atoms with Crippen molar-refractivity contribution in [1.29, 1.82) is 0 Å². The zero-order valence-corrected chi connectivity index (χ0v) is 14.5. The number of aromatic nitrogens is 2. The Morgan fingerprint density at radius 2 is 2.14 bits per heavy atom. The van der Waals surface area contributed by atoms with E-state index in [0.717, 1.165) is 23.9 Å². The lowest BCUT2D eigenvalue weighted by atomic mass is 9.88. The fourth-order valence-corrected chi connectivity index (χ4v) is 4.01. The molecule has 0 bridgehead atoms. The van der Waals surface area contributed by atoms with Crippen molar-refractivity contribution < 1.29 is 9.26 Å². The van der Waals surface area contributed by atoms with Gasteiger partial charge in [0.2, 0.25) is 11.7 Å². The predicted octanol–water partition coefficient (Wildman–Crippen LogP) is 3.00. The van der Waals surface area contributed by atoms with Gasteiger partial charge in [-0.05, 0) is 18.9 Å². The van der Waals surface area contributed by atoms with Gasteiger partial charge < -0.3 is 14.6 Å². The molecule has 3 atom stereocenters. The fraction of sp³-hybridized carbons (Fsp3) is 0.867. The van der Waals surface area contributed by atoms with Gasteiger partial charge in [0.1, 0.15) is 6.10 Å². The van der Waals surface area contributed by atoms with Gasteiger partial charge in [-0.2, -0.15) is 16.7 Å². The average molecular weight is 313 g/mol. The van der Waals surface area contributed by atoms with Gasteiger partial charge >= 0.3 is 0 Å². The van der Waals surface area contributed by atoms with E-state index in [1.807, 2.05) is 18.7 Å². The molecule has 1 aromatic heterocycles. The maximum atomic E-state index is 5.84. The molecule has 1 aliphatic rings. The molecule has 6 heteroatoms. The van der Waals surface area contributed by atoms with Gasteiger partial charge in [-0.25, -0.2) is 0 Å². The molecular weight excluding hydrogens is 286 g/mol. The second-order valence-corrected chi connectivity index (χ2v) is 7.58. The summed E-state index contributed by atoms with van der Waals surface area (Å²) in [6.07, 6.45) is -0.133. The first-order valence-corrected chi connectivity index (χ1v) is 8.89. The SMILES string of the molecule is CCNC1CSCC1c1nc(C(OCC)C(C)(C)C)no1. The summed E-state index contributed by atoms with van der Waals surface area (Å²) in [5, 5.41) is 7.70. The molecule has 21 heavy (non-hydrogen) atoms. The number of likely N-dealkylation sites (N-methyl/N-ethyl adjacent to an activating group) is 1. The summed E-state index contributed by atoms with van der Waals surface area (Å²) >= 11 is 1.94. The molecule has 0 saturated carbocycles. The summed E-state index contributed by atoms with van der Waals surface area (Å²) in [6.45, 7) is 12.1. The van der Waals surface area contributed by atoms with Crippen molar-refractivity contribution in [2.45, 2.75) is 52.7 Å². The van der Waals surface area contributed by atoms with Crippen molar-refractivity contribution >= 4 is 11.8 Å². The van der Waals surface area contributed by atoms with E-state index in [1.54, 1.807) is 0 Å². The van der Waals surface area contributed by atoms with Crippen LogP contribution in [0.15, 0.2) is 4.52 Å². The standard InChI is InChI=1S/C15H27N3O2S/c1-6-16-11-9-21-8-10(11)14-17-13(18-20-14)12(19-7-2)15(3,4)5/h10-12,16H,6-9H2,1-5H3. The van der Waals surface area contributed by atoms with Gasteiger partial charge in [0.15, 0.2) is 0 Å². The summed E-state index contributed by atoms with van der Waals surface area (Å²) in [7, 11) is 0. The van der Waals surface area contributed by atoms with Crippen LogP contribution in [0.5, 0.6) is 0 Å². The summed E-state index contributed by atoms with van der Waals surface area (Å²) in [5.74, 6) is 3.86. The third-order valence-corrected chi connectivity index (χ3v) is 4.87. The molecule has 1 saturated heterocycles. The summed E-state index contributed by atoms with van der Waals surface area (Å²) in [6, 6.07) is 0.425. The van der Waals surface area contributed by atoms with E-state index in [9.17, 15) is 0 Å². The van der Waals surface area contributed by atoms with Crippen molar-refractivity contribution in [3.8, 4) is 0 Å². The Balaban J connectivity index is 2.16. The zero-order valence-electron chi connectivity index (χ0n) is 13.7. The van der Waals surface area contributed by atoms with E-state index in [2.05, 4.69) is 43.2 Å². The molecule has 5 nitrogen and oxygen atoms in total. The van der Waals surface area contributed by atoms with Crippen molar-refractivity contribution in [2.75, 3.05) is 24.7 Å². The molecule has 0 spiro atoms. The Kier molecular flexibility index (Phi) is 5.68. The van der Waals surface area contributed by atoms with Crippen molar-refractivity contribution in [2.24, 2.45) is 5.41 Å². The Bertz CT molecular complexity index is 444. The zero-order chi connectivity index (χ0) is 15.5. The lowest BCUT2D eigenvalue weighted by molar-refractivity contribution is -0.0203. The van der Waals surface area contributed by atoms with Crippen LogP contribution < -0.4 is 5.32 Å². The van der Waals surface area contributed by atoms with Crippen molar-refractivity contribution in [1.82, 2.24) is 15.5 Å². The highest BCUT2D eigenvalue weighted by Gasteiger charge is 2.36. The van der Waals surface area contributed by atoms with Gasteiger partial charge in [0.05, 0.1) is 5.92 Å². The van der Waals surface area contributed by atoms with Crippen LogP contribution in [-0.2, 0) is 4.74 Å². The molecule has 0 aliphatic carbocycles. The molecule has 0 radical (unpaired) electrons. The first kappa shape index (κ1) is 16.8. The largest absolute Gasteiger partial charge is 0.370 e. The highest BCUT2D eigenvalue weighted by Crippen LogP contribution is 2.37. The van der Waals surface area contributed by atoms with Crippen LogP contribution in [0.4, 0.5) is 0 Å². The second kappa shape index (κ2) is 7.11. The quantitative estimate of drug-likeness (QED) is 0.871. The third kappa shape index (κ3) is 3.99. The summed E-state index contributed by atoms with van der Waals surface area (Å²) in [4.78, 5) is 4.65. The van der Waals surface area contributed by atoms with Crippen LogP contribution in [0.2, 0.25) is 0 Å². The minimum atomic E-state index is -0.133. The Hall–Kier alpha value is -0.590. The number of ether oxygens (including phenoxy) is 1. The van der Waals surface area contributed by atoms with Crippen LogP contribution in [-0.4, -0.2) is 40.8 Å². The topological polar surface area (TPSA) is 60.2 Å². The molecule has 1 aliphatic heterocycles. The molecule has 0 aromatic carbocycles. The highest BCUT2D eigenvalue weighted by molar-refractivity contribution is 7.99. The van der Waals surface area contributed by atoms with Crippen LogP contribution in [0, 0.1) is 5.41 Å². The molecule has 2 heterocycles. The maximum absolute atomic E-state index is 5.84. The number of hydrogen-bond donors (Lipinski definition) is 1. The van der Waals surface area contributed by atoms with Gasteiger partial charge in [-0.1, -0.05) is 32.9 Å². The lowest BCUT2D eigenvalue weighted by Gasteiger charge is -2.27. The molecule has 2 rings (SSSR count). The minimum absolute atomic E-state index is 0.0529. The number of nitrogens with one attached hydrogen (secondary N) is 1. The van der Waals surface area contributed by atoms with E-state index >= 15 is 0 Å². The van der Waals surface area contributed by atoms with E-state index in [1.165, 1.54) is 0 Å². The van der Waals surface area contributed by atoms with Crippen molar-refractivity contribution in [3.63, 3.8) is 0 Å². The summed E-state index contributed by atoms with van der Waals surface area (Å²) < 4.78 is 11.4. The highest BCUT2D eigenvalue weighted by atomic mass is 32.2. The predicted molar refractivity (Wildman–Crippen MR) is 85.7 cm³/mol. The fourth-order valence-electron chi connectivity index (χ4n) is 2.64. The van der Waals surface area contributed by atoms with Crippen molar-refractivity contribution in [3.05, 3.63) is 11.7 Å². The first-order valence-electron chi connectivity index (χ1n) is 7.73. The molecule has 3 unspecified atom stereocenters. The third-order valence-electron chi connectivity index (χ3n) is 3.68. The normalized spacial score (nSPS) is 24.4. The van der Waals surface area contributed by atoms with E-state index < -0.39 is 0 Å². The number of hydrogen-bond acceptors (Lipinski definition) is 6. The van der Waals surface area contributed by atoms with E-state index in [0.29, 0.717) is 24.4 Å². The van der Waals surface area contributed by atoms with Gasteiger partial charge in [0, 0.05) is 24.2 Å². The Morgan fingerprint density at radius 3 is 2.76 bits per heavy atom. The molecule has 120 valence electrons. The van der Waals surface area contributed by atoms with Gasteiger partial charge in [0.25, 0.3) is 0 Å². The lowest BCUT2D eigenvalue weighted by Crippen LogP contribution is -2.34. The van der Waals surface area contributed by atoms with E-state index in [-0.39, 0.29) is 11.5 Å². The maximum Gasteiger partial charge on any atom is 0.232 e. The molecule has 1 aromatic rings. The van der Waals surface area contributed by atoms with Crippen LogP contribution in [0.1, 0.15) is 58.4 Å². The monoisotopic (exact) mass is 313 g/mol. The molecular formula is C15H27N3O2S. The second-order valence-electron chi connectivity index (χ2n) is 6.50. The Labute approximate surface area is 131 Å². The molecule has 1 fully saturated rings. The van der Waals surface area contributed by atoms with E-state index in [4.69, 9.17) is 9.26 Å². The van der Waals surface area contributed by atoms with Crippen LogP contribution in [0.25, 0.3) is 0 Å². The number of rotatable bonds is 6. The van der Waals surface area contributed by atoms with Gasteiger partial charge in [-0.3, -0.25) is 0 Å². The smallest absolute Gasteiger partial charge is 0.232 e. The molecule has 0 amide bonds. The first-order chi connectivity index (χ1) is 9.97. The number of nitrogens with zero attached hydrogens (tertiary/aromatic N) is 2. The van der Waals surface area contributed by atoms with Crippen LogP contribution in [0.3, 0.4) is 0 Å². The number of thioether (sulfide) groups is 1. The average Bonchev–Trinajstić information content (AvgIpc) is 3.03. The Morgan fingerprint density at radius 1 is 1.38 bits per heavy atom.